The van der Waals surface area contributed by atoms with Gasteiger partial charge >= 0.3 is 5.97 Å². The van der Waals surface area contributed by atoms with E-state index in [0.717, 1.165) is 43.9 Å². The predicted molar refractivity (Wildman–Crippen MR) is 57.4 cm³/mol. The van der Waals surface area contributed by atoms with E-state index in [1.165, 1.54) is 6.42 Å². The Labute approximate surface area is 90.4 Å². The van der Waals surface area contributed by atoms with Crippen molar-refractivity contribution in [1.82, 2.24) is 0 Å². The molecule has 2 saturated carbocycles. The zero-order valence-electron chi connectivity index (χ0n) is 8.98. The van der Waals surface area contributed by atoms with Gasteiger partial charge in [0.2, 0.25) is 0 Å². The lowest BCUT2D eigenvalue weighted by atomic mass is 9.75. The van der Waals surface area contributed by atoms with Crippen LogP contribution in [0.1, 0.15) is 38.5 Å². The SMILES string of the molecule is O=C(O)C1(CC2CC=CC2)CC2CC2C1. The van der Waals surface area contributed by atoms with E-state index in [1.807, 2.05) is 0 Å². The maximum Gasteiger partial charge on any atom is 0.309 e. The zero-order chi connectivity index (χ0) is 10.5. The van der Waals surface area contributed by atoms with E-state index >= 15 is 0 Å². The number of hydrogen-bond acceptors (Lipinski definition) is 1. The molecule has 3 aliphatic rings. The van der Waals surface area contributed by atoms with E-state index in [9.17, 15) is 9.90 Å². The zero-order valence-corrected chi connectivity index (χ0v) is 8.98. The molecule has 1 N–H and O–H groups in total. The highest BCUT2D eigenvalue weighted by Gasteiger charge is 2.57. The van der Waals surface area contributed by atoms with Crippen molar-refractivity contribution in [2.45, 2.75) is 38.5 Å². The van der Waals surface area contributed by atoms with Crippen LogP contribution in [-0.2, 0) is 4.79 Å². The maximum atomic E-state index is 11.5. The van der Waals surface area contributed by atoms with Crippen LogP contribution in [0.2, 0.25) is 0 Å². The molecule has 0 heterocycles. The summed E-state index contributed by atoms with van der Waals surface area (Å²) in [5.74, 6) is 1.60. The quantitative estimate of drug-likeness (QED) is 0.721. The Morgan fingerprint density at radius 3 is 2.40 bits per heavy atom. The Hall–Kier alpha value is -0.790. The highest BCUT2D eigenvalue weighted by molar-refractivity contribution is 5.75. The molecule has 2 unspecified atom stereocenters. The summed E-state index contributed by atoms with van der Waals surface area (Å²) in [6.45, 7) is 0. The molecule has 3 rings (SSSR count). The number of carbonyl (C=O) groups is 1. The summed E-state index contributed by atoms with van der Waals surface area (Å²) in [7, 11) is 0. The molecular weight excluding hydrogens is 188 g/mol. The van der Waals surface area contributed by atoms with Gasteiger partial charge in [-0.15, -0.1) is 0 Å². The van der Waals surface area contributed by atoms with Gasteiger partial charge in [0.25, 0.3) is 0 Å². The minimum atomic E-state index is -0.526. The summed E-state index contributed by atoms with van der Waals surface area (Å²) in [6, 6.07) is 0. The summed E-state index contributed by atoms with van der Waals surface area (Å²) >= 11 is 0. The number of allylic oxidation sites excluding steroid dienone is 2. The van der Waals surface area contributed by atoms with Crippen LogP contribution in [0.4, 0.5) is 0 Å². The van der Waals surface area contributed by atoms with Gasteiger partial charge in [-0.25, -0.2) is 0 Å². The topological polar surface area (TPSA) is 37.3 Å². The molecule has 2 fully saturated rings. The molecule has 0 aromatic rings. The van der Waals surface area contributed by atoms with Crippen LogP contribution in [0, 0.1) is 23.2 Å². The summed E-state index contributed by atoms with van der Waals surface area (Å²) in [5.41, 5.74) is -0.343. The lowest BCUT2D eigenvalue weighted by molar-refractivity contribution is -0.150. The average molecular weight is 206 g/mol. The van der Waals surface area contributed by atoms with Gasteiger partial charge in [-0.05, 0) is 56.3 Å². The highest BCUT2D eigenvalue weighted by atomic mass is 16.4. The Morgan fingerprint density at radius 1 is 1.27 bits per heavy atom. The van der Waals surface area contributed by atoms with Crippen molar-refractivity contribution in [3.05, 3.63) is 12.2 Å². The van der Waals surface area contributed by atoms with E-state index in [4.69, 9.17) is 0 Å². The van der Waals surface area contributed by atoms with Crippen LogP contribution in [0.25, 0.3) is 0 Å². The van der Waals surface area contributed by atoms with Gasteiger partial charge in [0.1, 0.15) is 0 Å². The van der Waals surface area contributed by atoms with Crippen molar-refractivity contribution >= 4 is 5.97 Å². The third-order valence-electron chi connectivity index (χ3n) is 4.61. The maximum absolute atomic E-state index is 11.5. The summed E-state index contributed by atoms with van der Waals surface area (Å²) in [5, 5.41) is 9.44. The molecular formula is C13H18O2. The molecule has 2 heteroatoms. The number of rotatable bonds is 3. The number of hydrogen-bond donors (Lipinski definition) is 1. The highest BCUT2D eigenvalue weighted by Crippen LogP contribution is 2.62. The molecule has 2 nitrogen and oxygen atoms in total. The Kier molecular flexibility index (Phi) is 1.95. The first-order valence-electron chi connectivity index (χ1n) is 6.08. The molecule has 0 aromatic carbocycles. The van der Waals surface area contributed by atoms with E-state index in [2.05, 4.69) is 12.2 Å². The molecule has 0 amide bonds. The molecule has 0 bridgehead atoms. The van der Waals surface area contributed by atoms with E-state index in [1.54, 1.807) is 0 Å². The van der Waals surface area contributed by atoms with Crippen molar-refractivity contribution < 1.29 is 9.90 Å². The van der Waals surface area contributed by atoms with Gasteiger partial charge in [-0.3, -0.25) is 4.79 Å². The Balaban J connectivity index is 1.70. The molecule has 0 aromatic heterocycles. The number of carboxylic acids is 1. The molecule has 0 spiro atoms. The minimum Gasteiger partial charge on any atom is -0.481 e. The fourth-order valence-electron chi connectivity index (χ4n) is 3.72. The van der Waals surface area contributed by atoms with Crippen molar-refractivity contribution in [1.29, 1.82) is 0 Å². The number of aliphatic carboxylic acids is 1. The third-order valence-corrected chi connectivity index (χ3v) is 4.61. The molecule has 82 valence electrons. The van der Waals surface area contributed by atoms with Crippen molar-refractivity contribution in [3.8, 4) is 0 Å². The van der Waals surface area contributed by atoms with Crippen LogP contribution in [0.15, 0.2) is 12.2 Å². The molecule has 0 saturated heterocycles. The standard InChI is InChI=1S/C13H18O2/c14-12(15)13(6-9-3-1-2-4-9)7-10-5-11(10)8-13/h1-2,9-11H,3-8H2,(H,14,15). The van der Waals surface area contributed by atoms with Crippen LogP contribution >= 0.6 is 0 Å². The van der Waals surface area contributed by atoms with E-state index < -0.39 is 5.97 Å². The molecule has 15 heavy (non-hydrogen) atoms. The normalized spacial score (nSPS) is 43.2. The molecule has 2 atom stereocenters. The van der Waals surface area contributed by atoms with Gasteiger partial charge in [-0.1, -0.05) is 12.2 Å². The first-order chi connectivity index (χ1) is 7.20. The van der Waals surface area contributed by atoms with Crippen LogP contribution in [-0.4, -0.2) is 11.1 Å². The Morgan fingerprint density at radius 2 is 1.87 bits per heavy atom. The summed E-state index contributed by atoms with van der Waals surface area (Å²) in [6.07, 6.45) is 10.8. The van der Waals surface area contributed by atoms with Crippen molar-refractivity contribution in [2.75, 3.05) is 0 Å². The van der Waals surface area contributed by atoms with Crippen molar-refractivity contribution in [3.63, 3.8) is 0 Å². The largest absolute Gasteiger partial charge is 0.481 e. The lowest BCUT2D eigenvalue weighted by Crippen LogP contribution is -2.31. The molecule has 0 aliphatic heterocycles. The first kappa shape index (κ1) is 9.44. The Bertz CT molecular complexity index is 300. The second kappa shape index (κ2) is 3.10. The second-order valence-electron chi connectivity index (χ2n) is 5.76. The third kappa shape index (κ3) is 1.51. The van der Waals surface area contributed by atoms with Gasteiger partial charge < -0.3 is 5.11 Å². The fourth-order valence-corrected chi connectivity index (χ4v) is 3.72. The fraction of sp³-hybridized carbons (Fsp3) is 0.769. The number of fused-ring (bicyclic) bond motifs is 1. The smallest absolute Gasteiger partial charge is 0.309 e. The second-order valence-corrected chi connectivity index (χ2v) is 5.76. The van der Waals surface area contributed by atoms with Crippen molar-refractivity contribution in [2.24, 2.45) is 23.2 Å². The van der Waals surface area contributed by atoms with Gasteiger partial charge in [0, 0.05) is 0 Å². The van der Waals surface area contributed by atoms with Crippen LogP contribution in [0.3, 0.4) is 0 Å². The van der Waals surface area contributed by atoms with Crippen LogP contribution in [0.5, 0.6) is 0 Å². The van der Waals surface area contributed by atoms with Gasteiger partial charge in [0.15, 0.2) is 0 Å². The average Bonchev–Trinajstić information content (AvgIpc) is 2.68. The molecule has 0 radical (unpaired) electrons. The first-order valence-corrected chi connectivity index (χ1v) is 6.08. The monoisotopic (exact) mass is 206 g/mol. The summed E-state index contributed by atoms with van der Waals surface area (Å²) in [4.78, 5) is 11.5. The predicted octanol–water partition coefficient (Wildman–Crippen LogP) is 2.84. The number of carboxylic acid groups (broad SMARTS) is 1. The van der Waals surface area contributed by atoms with E-state index in [0.29, 0.717) is 5.92 Å². The summed E-state index contributed by atoms with van der Waals surface area (Å²) < 4.78 is 0. The molecule has 3 aliphatic carbocycles. The minimum absolute atomic E-state index is 0.343. The van der Waals surface area contributed by atoms with Gasteiger partial charge in [-0.2, -0.15) is 0 Å². The van der Waals surface area contributed by atoms with Crippen LogP contribution < -0.4 is 0 Å². The van der Waals surface area contributed by atoms with E-state index in [-0.39, 0.29) is 5.41 Å². The van der Waals surface area contributed by atoms with Gasteiger partial charge in [0.05, 0.1) is 5.41 Å². The lowest BCUT2D eigenvalue weighted by Gasteiger charge is -2.28.